The minimum Gasteiger partial charge on any atom is -0.361 e. The number of rotatable bonds is 2. The van der Waals surface area contributed by atoms with Crippen molar-refractivity contribution in [2.45, 2.75) is 18.5 Å². The van der Waals surface area contributed by atoms with Crippen LogP contribution in [0.4, 0.5) is 13.2 Å². The molecule has 0 aliphatic carbocycles. The van der Waals surface area contributed by atoms with Crippen LogP contribution in [0.5, 0.6) is 0 Å². The first-order valence-electron chi connectivity index (χ1n) is 8.46. The first-order chi connectivity index (χ1) is 12.4. The van der Waals surface area contributed by atoms with E-state index in [1.807, 2.05) is 24.4 Å². The van der Waals surface area contributed by atoms with Gasteiger partial charge in [-0.05, 0) is 42.3 Å². The van der Waals surface area contributed by atoms with Crippen LogP contribution in [-0.4, -0.2) is 28.9 Å². The number of para-hydroxylation sites is 1. The predicted molar refractivity (Wildman–Crippen MR) is 93.0 cm³/mol. The Morgan fingerprint density at radius 2 is 1.81 bits per heavy atom. The van der Waals surface area contributed by atoms with Crippen LogP contribution in [0.25, 0.3) is 10.9 Å². The summed E-state index contributed by atoms with van der Waals surface area (Å²) in [6.07, 6.45) is -1.56. The maximum atomic E-state index is 12.7. The Morgan fingerprint density at radius 1 is 1.08 bits per heavy atom. The number of alkyl halides is 3. The molecule has 1 aromatic heterocycles. The van der Waals surface area contributed by atoms with E-state index in [-0.39, 0.29) is 17.4 Å². The molecular formula is C20H17F3N2O. The van der Waals surface area contributed by atoms with E-state index >= 15 is 0 Å². The lowest BCUT2D eigenvalue weighted by molar-refractivity contribution is -0.137. The molecule has 26 heavy (non-hydrogen) atoms. The molecule has 1 unspecified atom stereocenters. The van der Waals surface area contributed by atoms with Crippen LogP contribution < -0.4 is 0 Å². The van der Waals surface area contributed by atoms with E-state index in [4.69, 9.17) is 0 Å². The van der Waals surface area contributed by atoms with Crippen molar-refractivity contribution >= 4 is 16.8 Å². The molecule has 4 rings (SSSR count). The van der Waals surface area contributed by atoms with Gasteiger partial charge in [-0.1, -0.05) is 18.2 Å². The third-order valence-electron chi connectivity index (χ3n) is 5.00. The topological polar surface area (TPSA) is 36.1 Å². The minimum atomic E-state index is -4.39. The summed E-state index contributed by atoms with van der Waals surface area (Å²) >= 11 is 0. The number of halogens is 3. The second-order valence-electron chi connectivity index (χ2n) is 6.60. The first-order valence-corrected chi connectivity index (χ1v) is 8.46. The van der Waals surface area contributed by atoms with Gasteiger partial charge in [0, 0.05) is 41.7 Å². The molecule has 1 aliphatic rings. The van der Waals surface area contributed by atoms with Gasteiger partial charge in [0.05, 0.1) is 5.56 Å². The van der Waals surface area contributed by atoms with E-state index in [9.17, 15) is 18.0 Å². The Morgan fingerprint density at radius 3 is 2.54 bits per heavy atom. The summed E-state index contributed by atoms with van der Waals surface area (Å²) in [5, 5.41) is 1.15. The summed E-state index contributed by atoms with van der Waals surface area (Å²) in [4.78, 5) is 17.6. The van der Waals surface area contributed by atoms with Gasteiger partial charge in [0.15, 0.2) is 0 Å². The number of carbonyl (C=O) groups excluding carboxylic acids is 1. The van der Waals surface area contributed by atoms with Crippen LogP contribution >= 0.6 is 0 Å². The molecule has 3 nitrogen and oxygen atoms in total. The third-order valence-corrected chi connectivity index (χ3v) is 5.00. The summed E-state index contributed by atoms with van der Waals surface area (Å²) in [6.45, 7) is 1.17. The van der Waals surface area contributed by atoms with Gasteiger partial charge in [-0.2, -0.15) is 13.2 Å². The summed E-state index contributed by atoms with van der Waals surface area (Å²) < 4.78 is 38.0. The smallest absolute Gasteiger partial charge is 0.361 e. The van der Waals surface area contributed by atoms with E-state index in [1.165, 1.54) is 17.7 Å². The molecule has 0 bridgehead atoms. The summed E-state index contributed by atoms with van der Waals surface area (Å²) in [6, 6.07) is 12.5. The monoisotopic (exact) mass is 358 g/mol. The first kappa shape index (κ1) is 16.7. The number of nitrogens with one attached hydrogen (secondary N) is 1. The molecule has 134 valence electrons. The minimum absolute atomic E-state index is 0.221. The van der Waals surface area contributed by atoms with E-state index in [0.717, 1.165) is 29.5 Å². The van der Waals surface area contributed by atoms with Gasteiger partial charge in [-0.25, -0.2) is 0 Å². The quantitative estimate of drug-likeness (QED) is 0.701. The second-order valence-corrected chi connectivity index (χ2v) is 6.60. The fraction of sp³-hybridized carbons (Fsp3) is 0.250. The Balaban J connectivity index is 1.51. The van der Waals surface area contributed by atoms with Gasteiger partial charge in [0.2, 0.25) is 0 Å². The number of carbonyl (C=O) groups is 1. The molecule has 1 aliphatic heterocycles. The molecule has 1 amide bonds. The van der Waals surface area contributed by atoms with Gasteiger partial charge in [-0.3, -0.25) is 4.79 Å². The third kappa shape index (κ3) is 2.96. The Labute approximate surface area is 148 Å². The fourth-order valence-corrected chi connectivity index (χ4v) is 3.61. The summed E-state index contributed by atoms with van der Waals surface area (Å²) in [5.74, 6) is 0.00520. The standard InChI is InChI=1S/C20H17F3N2O/c21-20(22,23)15-7-5-13(6-8-15)19(26)25-10-9-14(12-25)17-11-24-18-4-2-1-3-16(17)18/h1-8,11,14,24H,9-10,12H2. The van der Waals surface area contributed by atoms with Crippen molar-refractivity contribution in [2.24, 2.45) is 0 Å². The van der Waals surface area contributed by atoms with Crippen LogP contribution in [0.15, 0.2) is 54.7 Å². The number of nitrogens with zero attached hydrogens (tertiary/aromatic N) is 1. The highest BCUT2D eigenvalue weighted by Gasteiger charge is 2.32. The lowest BCUT2D eigenvalue weighted by atomic mass is 9.98. The molecule has 3 aromatic rings. The second kappa shape index (κ2) is 6.20. The SMILES string of the molecule is O=C(c1ccc(C(F)(F)F)cc1)N1CCC(c2c[nH]c3ccccc23)C1. The highest BCUT2D eigenvalue weighted by atomic mass is 19.4. The van der Waals surface area contributed by atoms with Crippen LogP contribution in [-0.2, 0) is 6.18 Å². The van der Waals surface area contributed by atoms with Gasteiger partial charge in [0.25, 0.3) is 5.91 Å². The summed E-state index contributed by atoms with van der Waals surface area (Å²) in [5.41, 5.74) is 1.79. The van der Waals surface area contributed by atoms with Crippen molar-refractivity contribution in [1.82, 2.24) is 9.88 Å². The van der Waals surface area contributed by atoms with Crippen molar-refractivity contribution in [3.05, 3.63) is 71.4 Å². The normalized spacial score (nSPS) is 17.8. The average Bonchev–Trinajstić information content (AvgIpc) is 3.27. The van der Waals surface area contributed by atoms with E-state index in [2.05, 4.69) is 11.1 Å². The van der Waals surface area contributed by atoms with Crippen molar-refractivity contribution in [1.29, 1.82) is 0 Å². The molecule has 6 heteroatoms. The Hall–Kier alpha value is -2.76. The molecule has 1 N–H and O–H groups in total. The van der Waals surface area contributed by atoms with E-state index < -0.39 is 11.7 Å². The van der Waals surface area contributed by atoms with Crippen LogP contribution in [0, 0.1) is 0 Å². The van der Waals surface area contributed by atoms with Crippen molar-refractivity contribution in [2.75, 3.05) is 13.1 Å². The number of amides is 1. The summed E-state index contributed by atoms with van der Waals surface area (Å²) in [7, 11) is 0. The number of aromatic nitrogens is 1. The molecule has 0 radical (unpaired) electrons. The number of aromatic amines is 1. The number of hydrogen-bond acceptors (Lipinski definition) is 1. The van der Waals surface area contributed by atoms with Crippen LogP contribution in [0.3, 0.4) is 0 Å². The highest BCUT2D eigenvalue weighted by molar-refractivity contribution is 5.94. The van der Waals surface area contributed by atoms with E-state index in [1.54, 1.807) is 4.90 Å². The van der Waals surface area contributed by atoms with Gasteiger partial charge in [0.1, 0.15) is 0 Å². The van der Waals surface area contributed by atoms with Crippen molar-refractivity contribution in [3.63, 3.8) is 0 Å². The van der Waals surface area contributed by atoms with Gasteiger partial charge < -0.3 is 9.88 Å². The van der Waals surface area contributed by atoms with Gasteiger partial charge in [-0.15, -0.1) is 0 Å². The Bertz CT molecular complexity index is 944. The zero-order chi connectivity index (χ0) is 18.3. The number of hydrogen-bond donors (Lipinski definition) is 1. The number of likely N-dealkylation sites (tertiary alicyclic amines) is 1. The average molecular weight is 358 g/mol. The number of benzene rings is 2. The van der Waals surface area contributed by atoms with Crippen molar-refractivity contribution < 1.29 is 18.0 Å². The zero-order valence-electron chi connectivity index (χ0n) is 13.9. The molecule has 0 spiro atoms. The predicted octanol–water partition coefficient (Wildman–Crippen LogP) is 4.82. The molecule has 1 saturated heterocycles. The molecule has 2 aromatic carbocycles. The Kier molecular flexibility index (Phi) is 3.98. The largest absolute Gasteiger partial charge is 0.416 e. The molecule has 0 saturated carbocycles. The molecule has 1 atom stereocenters. The highest BCUT2D eigenvalue weighted by Crippen LogP contribution is 2.33. The fourth-order valence-electron chi connectivity index (χ4n) is 3.61. The number of fused-ring (bicyclic) bond motifs is 1. The molecular weight excluding hydrogens is 341 g/mol. The maximum Gasteiger partial charge on any atom is 0.416 e. The van der Waals surface area contributed by atoms with Gasteiger partial charge >= 0.3 is 6.18 Å². The van der Waals surface area contributed by atoms with E-state index in [0.29, 0.717) is 13.1 Å². The van der Waals surface area contributed by atoms with Crippen molar-refractivity contribution in [3.8, 4) is 0 Å². The molecule has 2 heterocycles. The maximum absolute atomic E-state index is 12.7. The molecule has 1 fully saturated rings. The van der Waals surface area contributed by atoms with Crippen LogP contribution in [0.1, 0.15) is 33.8 Å². The van der Waals surface area contributed by atoms with Crippen LogP contribution in [0.2, 0.25) is 0 Å². The zero-order valence-corrected chi connectivity index (χ0v) is 13.9. The lowest BCUT2D eigenvalue weighted by Crippen LogP contribution is -2.28. The lowest BCUT2D eigenvalue weighted by Gasteiger charge is -2.17. The number of H-pyrrole nitrogens is 1.